The lowest BCUT2D eigenvalue weighted by atomic mass is 10.1. The molecule has 0 fully saturated rings. The SMILES string of the molecule is COc1cc(/C=C/c2nc(NC(=S)Nc3ccc([N+](=O)[O-])cc3)c3ccccc3n2)cc(OC)c1OC. The van der Waals surface area contributed by atoms with Crippen LogP contribution in [0.5, 0.6) is 17.2 Å². The molecule has 0 radical (unpaired) electrons. The van der Waals surface area contributed by atoms with Crippen LogP contribution in [0.25, 0.3) is 23.1 Å². The van der Waals surface area contributed by atoms with Crippen LogP contribution in [0.1, 0.15) is 11.4 Å². The number of fused-ring (bicyclic) bond motifs is 1. The Morgan fingerprint density at radius 1 is 0.919 bits per heavy atom. The number of benzene rings is 3. The number of nitrogens with one attached hydrogen (secondary N) is 2. The van der Waals surface area contributed by atoms with Gasteiger partial charge in [-0.25, -0.2) is 9.97 Å². The maximum Gasteiger partial charge on any atom is 0.269 e. The number of nitro groups is 1. The highest BCUT2D eigenvalue weighted by atomic mass is 32.1. The first kappa shape index (κ1) is 25.3. The van der Waals surface area contributed by atoms with Crippen LogP contribution in [0.2, 0.25) is 0 Å². The van der Waals surface area contributed by atoms with Gasteiger partial charge in [0.1, 0.15) is 5.82 Å². The number of para-hydroxylation sites is 1. The second kappa shape index (κ2) is 11.3. The number of non-ortho nitro benzene ring substituents is 1. The quantitative estimate of drug-likeness (QED) is 0.175. The molecule has 0 bridgehead atoms. The number of hydrogen-bond donors (Lipinski definition) is 2. The molecule has 0 spiro atoms. The van der Waals surface area contributed by atoms with E-state index >= 15 is 0 Å². The van der Waals surface area contributed by atoms with E-state index in [1.165, 1.54) is 12.1 Å². The van der Waals surface area contributed by atoms with Gasteiger partial charge in [0.25, 0.3) is 5.69 Å². The average Bonchev–Trinajstić information content (AvgIpc) is 2.91. The molecule has 0 saturated heterocycles. The summed E-state index contributed by atoms with van der Waals surface area (Å²) in [7, 11) is 4.67. The maximum atomic E-state index is 10.9. The summed E-state index contributed by atoms with van der Waals surface area (Å²) in [6.07, 6.45) is 3.61. The second-order valence-electron chi connectivity index (χ2n) is 7.62. The summed E-state index contributed by atoms with van der Waals surface area (Å²) in [6, 6.07) is 17.1. The predicted molar refractivity (Wildman–Crippen MR) is 148 cm³/mol. The van der Waals surface area contributed by atoms with Gasteiger partial charge in [0.05, 0.1) is 31.8 Å². The molecule has 0 aliphatic rings. The van der Waals surface area contributed by atoms with Crippen molar-refractivity contribution in [3.05, 3.63) is 82.2 Å². The van der Waals surface area contributed by atoms with Crippen LogP contribution >= 0.6 is 12.2 Å². The topological polar surface area (TPSA) is 121 Å². The van der Waals surface area contributed by atoms with Crippen LogP contribution < -0.4 is 24.8 Å². The summed E-state index contributed by atoms with van der Waals surface area (Å²) >= 11 is 5.45. The van der Waals surface area contributed by atoms with Gasteiger partial charge in [-0.15, -0.1) is 0 Å². The van der Waals surface area contributed by atoms with E-state index in [2.05, 4.69) is 20.6 Å². The van der Waals surface area contributed by atoms with Crippen molar-refractivity contribution in [2.24, 2.45) is 0 Å². The summed E-state index contributed by atoms with van der Waals surface area (Å²) in [6.45, 7) is 0. The zero-order chi connectivity index (χ0) is 26.4. The Hall–Kier alpha value is -4.77. The molecule has 10 nitrogen and oxygen atoms in total. The van der Waals surface area contributed by atoms with Crippen LogP contribution in [-0.2, 0) is 0 Å². The number of methoxy groups -OCH3 is 3. The first-order chi connectivity index (χ1) is 17.9. The van der Waals surface area contributed by atoms with Crippen molar-refractivity contribution in [3.8, 4) is 17.2 Å². The van der Waals surface area contributed by atoms with Crippen molar-refractivity contribution < 1.29 is 19.1 Å². The minimum absolute atomic E-state index is 0.00486. The molecular weight excluding hydrogens is 494 g/mol. The maximum absolute atomic E-state index is 10.9. The third-order valence-electron chi connectivity index (χ3n) is 5.30. The van der Waals surface area contributed by atoms with Gasteiger partial charge in [-0.2, -0.15) is 0 Å². The van der Waals surface area contributed by atoms with Crippen LogP contribution in [-0.4, -0.2) is 41.3 Å². The number of aromatic nitrogens is 2. The number of ether oxygens (including phenoxy) is 3. The van der Waals surface area contributed by atoms with E-state index in [1.807, 2.05) is 42.5 Å². The van der Waals surface area contributed by atoms with Crippen molar-refractivity contribution in [2.75, 3.05) is 32.0 Å². The zero-order valence-corrected chi connectivity index (χ0v) is 21.0. The molecule has 1 heterocycles. The predicted octanol–water partition coefficient (Wildman–Crippen LogP) is 5.54. The highest BCUT2D eigenvalue weighted by Crippen LogP contribution is 2.38. The second-order valence-corrected chi connectivity index (χ2v) is 8.03. The summed E-state index contributed by atoms with van der Waals surface area (Å²) < 4.78 is 16.2. The van der Waals surface area contributed by atoms with Crippen molar-refractivity contribution in [1.29, 1.82) is 0 Å². The van der Waals surface area contributed by atoms with Crippen LogP contribution in [0.15, 0.2) is 60.7 Å². The van der Waals surface area contributed by atoms with Gasteiger partial charge in [0, 0.05) is 23.2 Å². The van der Waals surface area contributed by atoms with Crippen molar-refractivity contribution in [3.63, 3.8) is 0 Å². The Morgan fingerprint density at radius 3 is 2.22 bits per heavy atom. The van der Waals surface area contributed by atoms with E-state index in [1.54, 1.807) is 39.5 Å². The lowest BCUT2D eigenvalue weighted by Gasteiger charge is -2.13. The van der Waals surface area contributed by atoms with Crippen molar-refractivity contribution in [2.45, 2.75) is 0 Å². The molecule has 11 heteroatoms. The Morgan fingerprint density at radius 2 is 1.59 bits per heavy atom. The van der Waals surface area contributed by atoms with E-state index < -0.39 is 4.92 Å². The third kappa shape index (κ3) is 5.90. The summed E-state index contributed by atoms with van der Waals surface area (Å²) in [5, 5.41) is 18.1. The lowest BCUT2D eigenvalue weighted by Crippen LogP contribution is -2.20. The lowest BCUT2D eigenvalue weighted by molar-refractivity contribution is -0.384. The molecular formula is C26H23N5O5S. The Kier molecular flexibility index (Phi) is 7.74. The molecule has 0 aliphatic carbocycles. The van der Waals surface area contributed by atoms with Gasteiger partial charge in [-0.1, -0.05) is 18.2 Å². The number of hydrogen-bond acceptors (Lipinski definition) is 8. The Bertz CT molecular complexity index is 1470. The molecule has 188 valence electrons. The first-order valence-electron chi connectivity index (χ1n) is 11.0. The first-order valence-corrected chi connectivity index (χ1v) is 11.4. The normalized spacial score (nSPS) is 10.8. The molecule has 37 heavy (non-hydrogen) atoms. The minimum Gasteiger partial charge on any atom is -0.493 e. The molecule has 2 N–H and O–H groups in total. The number of nitrogens with zero attached hydrogens (tertiary/aromatic N) is 3. The fourth-order valence-corrected chi connectivity index (χ4v) is 3.78. The Labute approximate surface area is 218 Å². The molecule has 0 aliphatic heterocycles. The minimum atomic E-state index is -0.458. The Balaban J connectivity index is 1.61. The highest BCUT2D eigenvalue weighted by Gasteiger charge is 2.13. The van der Waals surface area contributed by atoms with Crippen LogP contribution in [0, 0.1) is 10.1 Å². The number of anilines is 2. The standard InChI is InChI=1S/C26H23N5O5S/c1-34-21-14-16(15-22(35-2)24(21)36-3)8-13-23-28-20-7-5-4-6-19(20)25(29-23)30-26(37)27-17-9-11-18(12-10-17)31(32)33/h4-15H,1-3H3,(H2,27,28,29,30,37)/b13-8+. The molecule has 4 rings (SSSR count). The summed E-state index contributed by atoms with van der Waals surface area (Å²) in [5.74, 6) is 2.53. The molecule has 0 amide bonds. The fourth-order valence-electron chi connectivity index (χ4n) is 3.57. The van der Waals surface area contributed by atoms with Crippen LogP contribution in [0.3, 0.4) is 0 Å². The smallest absolute Gasteiger partial charge is 0.269 e. The third-order valence-corrected chi connectivity index (χ3v) is 5.50. The van der Waals surface area contributed by atoms with Gasteiger partial charge in [-0.05, 0) is 60.3 Å². The number of rotatable bonds is 8. The monoisotopic (exact) mass is 517 g/mol. The molecule has 4 aromatic rings. The molecule has 3 aromatic carbocycles. The van der Waals surface area contributed by atoms with Gasteiger partial charge in [0.15, 0.2) is 22.4 Å². The summed E-state index contributed by atoms with van der Waals surface area (Å²) in [4.78, 5) is 19.7. The fraction of sp³-hybridized carbons (Fsp3) is 0.115. The van der Waals surface area contributed by atoms with E-state index in [9.17, 15) is 10.1 Å². The summed E-state index contributed by atoms with van der Waals surface area (Å²) in [5.41, 5.74) is 2.12. The number of thiocarbonyl (C=S) groups is 1. The van der Waals surface area contributed by atoms with Gasteiger partial charge < -0.3 is 24.8 Å². The molecule has 0 unspecified atom stereocenters. The van der Waals surface area contributed by atoms with Crippen LogP contribution in [0.4, 0.5) is 17.2 Å². The highest BCUT2D eigenvalue weighted by molar-refractivity contribution is 7.80. The van der Waals surface area contributed by atoms with Crippen molar-refractivity contribution in [1.82, 2.24) is 9.97 Å². The van der Waals surface area contributed by atoms with Gasteiger partial charge in [0.2, 0.25) is 5.75 Å². The molecule has 0 atom stereocenters. The van der Waals surface area contributed by atoms with E-state index in [4.69, 9.17) is 26.4 Å². The molecule has 0 saturated carbocycles. The van der Waals surface area contributed by atoms with Crippen molar-refractivity contribution >= 4 is 57.6 Å². The zero-order valence-electron chi connectivity index (χ0n) is 20.2. The van der Waals surface area contributed by atoms with E-state index in [0.717, 1.165) is 16.5 Å². The van der Waals surface area contributed by atoms with E-state index in [0.29, 0.717) is 34.6 Å². The average molecular weight is 518 g/mol. The van der Waals surface area contributed by atoms with Gasteiger partial charge in [-0.3, -0.25) is 10.1 Å². The number of nitro benzene ring substituents is 1. The largest absolute Gasteiger partial charge is 0.493 e. The van der Waals surface area contributed by atoms with Gasteiger partial charge >= 0.3 is 0 Å². The van der Waals surface area contributed by atoms with E-state index in [-0.39, 0.29) is 10.8 Å². The molecule has 1 aromatic heterocycles.